The van der Waals surface area contributed by atoms with Crippen LogP contribution in [-0.2, 0) is 11.2 Å². The normalized spacial score (nSPS) is 10.9. The molecule has 0 aliphatic heterocycles. The van der Waals surface area contributed by atoms with Crippen molar-refractivity contribution in [1.82, 2.24) is 10.4 Å². The summed E-state index contributed by atoms with van der Waals surface area (Å²) in [6.45, 7) is 0. The Morgan fingerprint density at radius 1 is 1.33 bits per heavy atom. The van der Waals surface area contributed by atoms with E-state index in [9.17, 15) is 14.3 Å². The van der Waals surface area contributed by atoms with E-state index in [0.29, 0.717) is 17.0 Å². The minimum absolute atomic E-state index is 0.0106. The van der Waals surface area contributed by atoms with Crippen molar-refractivity contribution in [2.75, 3.05) is 7.11 Å². The number of ether oxygens (including phenoxy) is 1. The van der Waals surface area contributed by atoms with Crippen LogP contribution in [0.3, 0.4) is 0 Å². The highest BCUT2D eigenvalue weighted by molar-refractivity contribution is 7.13. The molecule has 2 aromatic carbocycles. The zero-order valence-corrected chi connectivity index (χ0v) is 15.2. The van der Waals surface area contributed by atoms with Crippen molar-refractivity contribution in [1.29, 1.82) is 0 Å². The van der Waals surface area contributed by atoms with Gasteiger partial charge in [-0.05, 0) is 48.0 Å². The largest absolute Gasteiger partial charge is 0.504 e. The second kappa shape index (κ2) is 8.41. The first-order valence-electron chi connectivity index (χ1n) is 7.94. The molecule has 0 spiro atoms. The van der Waals surface area contributed by atoms with Gasteiger partial charge in [-0.1, -0.05) is 0 Å². The first-order valence-corrected chi connectivity index (χ1v) is 8.82. The number of benzene rings is 2. The molecule has 0 radical (unpaired) electrons. The molecule has 1 aromatic heterocycles. The third-order valence-corrected chi connectivity index (χ3v) is 4.53. The monoisotopic (exact) mass is 385 g/mol. The summed E-state index contributed by atoms with van der Waals surface area (Å²) >= 11 is 1.38. The third kappa shape index (κ3) is 4.89. The topological polar surface area (TPSA) is 83.8 Å². The van der Waals surface area contributed by atoms with E-state index in [2.05, 4.69) is 15.5 Å². The number of rotatable bonds is 6. The van der Waals surface area contributed by atoms with Crippen LogP contribution in [0.15, 0.2) is 52.9 Å². The van der Waals surface area contributed by atoms with Crippen molar-refractivity contribution in [3.63, 3.8) is 0 Å². The lowest BCUT2D eigenvalue weighted by atomic mass is 10.2. The smallest absolute Gasteiger partial charge is 0.246 e. The first kappa shape index (κ1) is 18.5. The minimum Gasteiger partial charge on any atom is -0.504 e. The van der Waals surface area contributed by atoms with Gasteiger partial charge in [0.25, 0.3) is 0 Å². The van der Waals surface area contributed by atoms with Crippen LogP contribution in [0.1, 0.15) is 11.3 Å². The first-order chi connectivity index (χ1) is 13.0. The van der Waals surface area contributed by atoms with Crippen LogP contribution in [0.25, 0.3) is 10.6 Å². The van der Waals surface area contributed by atoms with Gasteiger partial charge in [0.15, 0.2) is 11.5 Å². The van der Waals surface area contributed by atoms with Crippen molar-refractivity contribution < 1.29 is 19.0 Å². The van der Waals surface area contributed by atoms with Gasteiger partial charge in [-0.2, -0.15) is 5.10 Å². The molecule has 0 atom stereocenters. The van der Waals surface area contributed by atoms with Gasteiger partial charge in [0.1, 0.15) is 10.8 Å². The molecule has 0 aliphatic rings. The van der Waals surface area contributed by atoms with E-state index in [4.69, 9.17) is 4.74 Å². The maximum atomic E-state index is 13.0. The van der Waals surface area contributed by atoms with E-state index >= 15 is 0 Å². The molecule has 3 rings (SSSR count). The Morgan fingerprint density at radius 3 is 2.81 bits per heavy atom. The average molecular weight is 385 g/mol. The number of aromatic nitrogens is 1. The number of hydrogen-bond acceptors (Lipinski definition) is 6. The highest BCUT2D eigenvalue weighted by atomic mass is 32.1. The van der Waals surface area contributed by atoms with Crippen LogP contribution in [0, 0.1) is 5.82 Å². The molecule has 27 heavy (non-hydrogen) atoms. The molecular weight excluding hydrogens is 369 g/mol. The number of hydrogen-bond donors (Lipinski definition) is 2. The highest BCUT2D eigenvalue weighted by Gasteiger charge is 2.09. The maximum Gasteiger partial charge on any atom is 0.246 e. The third-order valence-electron chi connectivity index (χ3n) is 3.59. The number of phenols is 1. The van der Waals surface area contributed by atoms with Crippen LogP contribution in [-0.4, -0.2) is 29.3 Å². The van der Waals surface area contributed by atoms with E-state index in [1.165, 1.54) is 42.9 Å². The standard InChI is InChI=1S/C19H16FN3O3S/c1-26-17-7-2-12(8-16(17)24)10-21-23-18(25)9-15-11-27-19(22-15)13-3-5-14(20)6-4-13/h2-8,10-11,24H,9H2,1H3,(H,23,25)/b21-10-. The van der Waals surface area contributed by atoms with Crippen molar-refractivity contribution in [3.05, 3.63) is 64.9 Å². The van der Waals surface area contributed by atoms with Crippen molar-refractivity contribution in [2.24, 2.45) is 5.10 Å². The number of nitrogens with zero attached hydrogens (tertiary/aromatic N) is 2. The Labute approximate surface area is 159 Å². The maximum absolute atomic E-state index is 13.0. The van der Waals surface area contributed by atoms with Gasteiger partial charge in [-0.15, -0.1) is 11.3 Å². The molecule has 6 nitrogen and oxygen atoms in total. The zero-order chi connectivity index (χ0) is 19.2. The molecule has 138 valence electrons. The van der Waals surface area contributed by atoms with Gasteiger partial charge < -0.3 is 9.84 Å². The van der Waals surface area contributed by atoms with Crippen LogP contribution in [0.2, 0.25) is 0 Å². The number of halogens is 1. The molecule has 2 N–H and O–H groups in total. The molecule has 0 aliphatic carbocycles. The number of amides is 1. The van der Waals surface area contributed by atoms with Crippen molar-refractivity contribution in [3.8, 4) is 22.1 Å². The Kier molecular flexibility index (Phi) is 5.77. The molecule has 8 heteroatoms. The number of aromatic hydroxyl groups is 1. The molecule has 0 bridgehead atoms. The van der Waals surface area contributed by atoms with E-state index in [-0.39, 0.29) is 23.9 Å². The average Bonchev–Trinajstić information content (AvgIpc) is 3.11. The van der Waals surface area contributed by atoms with Gasteiger partial charge in [0, 0.05) is 10.9 Å². The zero-order valence-electron chi connectivity index (χ0n) is 14.3. The van der Waals surface area contributed by atoms with E-state index in [0.717, 1.165) is 10.6 Å². The van der Waals surface area contributed by atoms with Gasteiger partial charge >= 0.3 is 0 Å². The van der Waals surface area contributed by atoms with Gasteiger partial charge in [0.05, 0.1) is 25.4 Å². The molecule has 3 aromatic rings. The number of carbonyl (C=O) groups excluding carboxylic acids is 1. The molecule has 1 amide bonds. The van der Waals surface area contributed by atoms with Crippen LogP contribution >= 0.6 is 11.3 Å². The lowest BCUT2D eigenvalue weighted by molar-refractivity contribution is -0.120. The fourth-order valence-electron chi connectivity index (χ4n) is 2.28. The summed E-state index contributed by atoms with van der Waals surface area (Å²) in [4.78, 5) is 16.4. The van der Waals surface area contributed by atoms with Crippen LogP contribution < -0.4 is 10.2 Å². The molecule has 0 saturated carbocycles. The van der Waals surface area contributed by atoms with E-state index in [1.54, 1.807) is 29.6 Å². The molecule has 0 saturated heterocycles. The minimum atomic E-state index is -0.320. The molecule has 0 unspecified atom stereocenters. The van der Waals surface area contributed by atoms with Crippen LogP contribution in [0.5, 0.6) is 11.5 Å². The van der Waals surface area contributed by atoms with Crippen molar-refractivity contribution >= 4 is 23.5 Å². The molecular formula is C19H16FN3O3S. The number of hydrazone groups is 1. The fourth-order valence-corrected chi connectivity index (χ4v) is 3.11. The Bertz CT molecular complexity index is 971. The number of phenolic OH excluding ortho intramolecular Hbond substituents is 1. The van der Waals surface area contributed by atoms with Gasteiger partial charge in [0.2, 0.25) is 5.91 Å². The summed E-state index contributed by atoms with van der Waals surface area (Å²) < 4.78 is 17.9. The number of nitrogens with one attached hydrogen (secondary N) is 1. The molecule has 1 heterocycles. The number of methoxy groups -OCH3 is 1. The number of thiazole rings is 1. The van der Waals surface area contributed by atoms with Gasteiger partial charge in [-0.3, -0.25) is 4.79 Å². The summed E-state index contributed by atoms with van der Waals surface area (Å²) in [5, 5.41) is 16.1. The lowest BCUT2D eigenvalue weighted by Gasteiger charge is -2.03. The second-order valence-electron chi connectivity index (χ2n) is 5.55. The predicted octanol–water partition coefficient (Wildman–Crippen LogP) is 3.36. The Balaban J connectivity index is 1.56. The predicted molar refractivity (Wildman–Crippen MR) is 102 cm³/mol. The van der Waals surface area contributed by atoms with Crippen LogP contribution in [0.4, 0.5) is 4.39 Å². The summed E-state index contributed by atoms with van der Waals surface area (Å²) in [6, 6.07) is 10.8. The Hall–Kier alpha value is -3.26. The van der Waals surface area contributed by atoms with Crippen molar-refractivity contribution in [2.45, 2.75) is 6.42 Å². The SMILES string of the molecule is COc1ccc(/C=N\NC(=O)Cc2csc(-c3ccc(F)cc3)n2)cc1O. The highest BCUT2D eigenvalue weighted by Crippen LogP contribution is 2.25. The fraction of sp³-hybridized carbons (Fsp3) is 0.105. The lowest BCUT2D eigenvalue weighted by Crippen LogP contribution is -2.19. The second-order valence-corrected chi connectivity index (χ2v) is 6.41. The quantitative estimate of drug-likeness (QED) is 0.503. The summed E-state index contributed by atoms with van der Waals surface area (Å²) in [7, 11) is 1.46. The summed E-state index contributed by atoms with van der Waals surface area (Å²) in [5.74, 6) is -0.280. The summed E-state index contributed by atoms with van der Waals surface area (Å²) in [6.07, 6.45) is 1.49. The van der Waals surface area contributed by atoms with E-state index < -0.39 is 0 Å². The van der Waals surface area contributed by atoms with Gasteiger partial charge in [-0.25, -0.2) is 14.8 Å². The Morgan fingerprint density at radius 2 is 2.11 bits per heavy atom. The summed E-state index contributed by atoms with van der Waals surface area (Å²) in [5.41, 5.74) is 4.43. The number of carbonyl (C=O) groups is 1. The molecule has 0 fully saturated rings. The van der Waals surface area contributed by atoms with E-state index in [1.807, 2.05) is 0 Å².